The molecule has 1 fully saturated rings. The maximum atomic E-state index is 12.0. The van der Waals surface area contributed by atoms with Gasteiger partial charge in [0, 0.05) is 29.4 Å². The van der Waals surface area contributed by atoms with Gasteiger partial charge in [-0.2, -0.15) is 0 Å². The van der Waals surface area contributed by atoms with Crippen LogP contribution in [0, 0.1) is 5.92 Å². The highest BCUT2D eigenvalue weighted by Crippen LogP contribution is 2.27. The topological polar surface area (TPSA) is 55.6 Å². The Labute approximate surface area is 137 Å². The van der Waals surface area contributed by atoms with E-state index in [1.165, 1.54) is 4.90 Å². The molecule has 0 aliphatic carbocycles. The van der Waals surface area contributed by atoms with Crippen LogP contribution in [0.2, 0.25) is 0 Å². The average Bonchev–Trinajstić information content (AvgIpc) is 2.45. The average molecular weight is 322 g/mol. The minimum absolute atomic E-state index is 0.183. The predicted molar refractivity (Wildman–Crippen MR) is 92.1 cm³/mol. The number of nitrogen functional groups attached to an aromatic ring is 1. The van der Waals surface area contributed by atoms with E-state index in [2.05, 4.69) is 12.1 Å². The van der Waals surface area contributed by atoms with Gasteiger partial charge in [0.15, 0.2) is 0 Å². The Morgan fingerprint density at radius 1 is 1.27 bits per heavy atom. The van der Waals surface area contributed by atoms with Gasteiger partial charge in [-0.25, -0.2) is 4.79 Å². The Morgan fingerprint density at radius 2 is 1.86 bits per heavy atom. The molecule has 1 aromatic carbocycles. The van der Waals surface area contributed by atoms with Gasteiger partial charge in [-0.3, -0.25) is 0 Å². The molecule has 0 spiro atoms. The Bertz CT molecular complexity index is 488. The monoisotopic (exact) mass is 322 g/mol. The number of ether oxygens (including phenoxy) is 1. The molecule has 122 valence electrons. The van der Waals surface area contributed by atoms with Crippen LogP contribution in [0.25, 0.3) is 0 Å². The summed E-state index contributed by atoms with van der Waals surface area (Å²) in [5, 5.41) is 0. The smallest absolute Gasteiger partial charge is 0.410 e. The number of hydrogen-bond acceptors (Lipinski definition) is 4. The first-order valence-electron chi connectivity index (χ1n) is 7.80. The molecule has 0 atom stereocenters. The zero-order chi connectivity index (χ0) is 16.2. The van der Waals surface area contributed by atoms with Crippen molar-refractivity contribution >= 4 is 23.5 Å². The van der Waals surface area contributed by atoms with E-state index in [9.17, 15) is 4.79 Å². The van der Waals surface area contributed by atoms with Crippen LogP contribution in [0.5, 0.6) is 0 Å². The summed E-state index contributed by atoms with van der Waals surface area (Å²) in [7, 11) is 0. The maximum absolute atomic E-state index is 12.0. The summed E-state index contributed by atoms with van der Waals surface area (Å²) in [6.45, 7) is 7.30. The molecule has 0 radical (unpaired) electrons. The number of nitrogens with two attached hydrogens (primary N) is 1. The third-order valence-electron chi connectivity index (χ3n) is 3.63. The standard InChI is InChI=1S/C17H26N2O2S/c1-17(2,3)21-16(20)19-10-8-13(9-11-19)12-22-15-6-4-14(18)5-7-15/h4-7,13H,8-12,18H2,1-3H3. The summed E-state index contributed by atoms with van der Waals surface area (Å²) in [6.07, 6.45) is 1.90. The molecule has 1 amide bonds. The lowest BCUT2D eigenvalue weighted by atomic mass is 9.99. The molecule has 4 nitrogen and oxygen atoms in total. The first-order valence-corrected chi connectivity index (χ1v) is 8.78. The molecule has 5 heteroatoms. The van der Waals surface area contributed by atoms with Crippen LogP contribution >= 0.6 is 11.8 Å². The van der Waals surface area contributed by atoms with Crippen molar-refractivity contribution < 1.29 is 9.53 Å². The third-order valence-corrected chi connectivity index (χ3v) is 4.88. The van der Waals surface area contributed by atoms with Gasteiger partial charge in [0.2, 0.25) is 0 Å². The number of rotatable bonds is 3. The van der Waals surface area contributed by atoms with Gasteiger partial charge in [0.1, 0.15) is 5.60 Å². The fourth-order valence-corrected chi connectivity index (χ4v) is 3.48. The summed E-state index contributed by atoms with van der Waals surface area (Å²) in [5.74, 6) is 1.74. The van der Waals surface area contributed by atoms with Gasteiger partial charge in [0.25, 0.3) is 0 Å². The second-order valence-electron chi connectivity index (χ2n) is 6.79. The Hall–Kier alpha value is -1.36. The van der Waals surface area contributed by atoms with Gasteiger partial charge >= 0.3 is 6.09 Å². The molecule has 2 rings (SSSR count). The van der Waals surface area contributed by atoms with Crippen LogP contribution in [0.1, 0.15) is 33.6 Å². The zero-order valence-electron chi connectivity index (χ0n) is 13.7. The molecular weight excluding hydrogens is 296 g/mol. The van der Waals surface area contributed by atoms with Crippen LogP contribution in [0.3, 0.4) is 0 Å². The van der Waals surface area contributed by atoms with Crippen molar-refractivity contribution in [3.8, 4) is 0 Å². The van der Waals surface area contributed by atoms with Gasteiger partial charge in [0.05, 0.1) is 0 Å². The molecular formula is C17H26N2O2S. The summed E-state index contributed by atoms with van der Waals surface area (Å²) in [5.41, 5.74) is 6.08. The van der Waals surface area contributed by atoms with E-state index in [0.717, 1.165) is 37.4 Å². The highest BCUT2D eigenvalue weighted by Gasteiger charge is 2.26. The number of amides is 1. The highest BCUT2D eigenvalue weighted by atomic mass is 32.2. The number of likely N-dealkylation sites (tertiary alicyclic amines) is 1. The number of carbonyl (C=O) groups is 1. The first-order chi connectivity index (χ1) is 10.3. The van der Waals surface area contributed by atoms with Gasteiger partial charge in [-0.1, -0.05) is 0 Å². The third kappa shape index (κ3) is 5.44. The Morgan fingerprint density at radius 3 is 2.41 bits per heavy atom. The lowest BCUT2D eigenvalue weighted by Gasteiger charge is -2.33. The number of thioether (sulfide) groups is 1. The molecule has 0 saturated carbocycles. The van der Waals surface area contributed by atoms with E-state index < -0.39 is 5.60 Å². The zero-order valence-corrected chi connectivity index (χ0v) is 14.5. The van der Waals surface area contributed by atoms with E-state index in [4.69, 9.17) is 10.5 Å². The van der Waals surface area contributed by atoms with Crippen molar-refractivity contribution in [2.45, 2.75) is 44.1 Å². The molecule has 1 heterocycles. The van der Waals surface area contributed by atoms with Crippen LogP contribution in [0.15, 0.2) is 29.2 Å². The van der Waals surface area contributed by atoms with E-state index >= 15 is 0 Å². The van der Waals surface area contributed by atoms with Gasteiger partial charge in [-0.05, 0) is 63.8 Å². The SMILES string of the molecule is CC(C)(C)OC(=O)N1CCC(CSc2ccc(N)cc2)CC1. The molecule has 1 aliphatic rings. The minimum atomic E-state index is -0.418. The van der Waals surface area contributed by atoms with Crippen LogP contribution in [0.4, 0.5) is 10.5 Å². The summed E-state index contributed by atoms with van der Waals surface area (Å²) in [4.78, 5) is 15.1. The molecule has 2 N–H and O–H groups in total. The second kappa shape index (κ2) is 7.27. The molecule has 1 aromatic rings. The van der Waals surface area contributed by atoms with E-state index in [-0.39, 0.29) is 6.09 Å². The maximum Gasteiger partial charge on any atom is 0.410 e. The lowest BCUT2D eigenvalue weighted by molar-refractivity contribution is 0.0191. The molecule has 1 saturated heterocycles. The molecule has 0 unspecified atom stereocenters. The van der Waals surface area contributed by atoms with Gasteiger partial charge in [-0.15, -0.1) is 11.8 Å². The normalized spacial score (nSPS) is 16.6. The fourth-order valence-electron chi connectivity index (χ4n) is 2.39. The number of hydrogen-bond donors (Lipinski definition) is 1. The van der Waals surface area contributed by atoms with Crippen LogP contribution in [-0.4, -0.2) is 35.4 Å². The fraction of sp³-hybridized carbons (Fsp3) is 0.588. The largest absolute Gasteiger partial charge is 0.444 e. The van der Waals surface area contributed by atoms with Crippen molar-refractivity contribution in [1.82, 2.24) is 4.90 Å². The number of carbonyl (C=O) groups excluding carboxylic acids is 1. The Balaban J connectivity index is 1.73. The van der Waals surface area contributed by atoms with Gasteiger partial charge < -0.3 is 15.4 Å². The molecule has 0 aromatic heterocycles. The minimum Gasteiger partial charge on any atom is -0.444 e. The second-order valence-corrected chi connectivity index (χ2v) is 7.88. The lowest BCUT2D eigenvalue weighted by Crippen LogP contribution is -2.42. The molecule has 22 heavy (non-hydrogen) atoms. The Kier molecular flexibility index (Phi) is 5.62. The van der Waals surface area contributed by atoms with Crippen molar-refractivity contribution in [3.05, 3.63) is 24.3 Å². The summed E-state index contributed by atoms with van der Waals surface area (Å²) in [6, 6.07) is 8.01. The van der Waals surface area contributed by atoms with E-state index in [1.54, 1.807) is 0 Å². The summed E-state index contributed by atoms with van der Waals surface area (Å²) >= 11 is 1.87. The van der Waals surface area contributed by atoms with E-state index in [1.807, 2.05) is 49.6 Å². The molecule has 1 aliphatic heterocycles. The van der Waals surface area contributed by atoms with Crippen molar-refractivity contribution in [3.63, 3.8) is 0 Å². The number of anilines is 1. The number of piperidine rings is 1. The van der Waals surface area contributed by atoms with E-state index in [0.29, 0.717) is 5.92 Å². The van der Waals surface area contributed by atoms with Crippen LogP contribution in [-0.2, 0) is 4.74 Å². The molecule has 0 bridgehead atoms. The number of nitrogens with zero attached hydrogens (tertiary/aromatic N) is 1. The predicted octanol–water partition coefficient (Wildman–Crippen LogP) is 4.01. The van der Waals surface area contributed by atoms with Crippen LogP contribution < -0.4 is 5.73 Å². The summed E-state index contributed by atoms with van der Waals surface area (Å²) < 4.78 is 5.42. The quantitative estimate of drug-likeness (QED) is 0.675. The highest BCUT2D eigenvalue weighted by molar-refractivity contribution is 7.99. The van der Waals surface area contributed by atoms with Crippen molar-refractivity contribution in [2.75, 3.05) is 24.6 Å². The number of benzene rings is 1. The van der Waals surface area contributed by atoms with Crippen molar-refractivity contribution in [1.29, 1.82) is 0 Å². The first kappa shape index (κ1) is 17.0. The van der Waals surface area contributed by atoms with Crippen molar-refractivity contribution in [2.24, 2.45) is 5.92 Å².